The van der Waals surface area contributed by atoms with E-state index in [1.54, 1.807) is 24.3 Å². The normalized spacial score (nSPS) is 11.7. The number of pyridine rings is 1. The van der Waals surface area contributed by atoms with Gasteiger partial charge in [0.2, 0.25) is 0 Å². The Bertz CT molecular complexity index is 1600. The van der Waals surface area contributed by atoms with Gasteiger partial charge in [0.05, 0.1) is 24.9 Å². The second kappa shape index (κ2) is 9.12. The van der Waals surface area contributed by atoms with E-state index in [2.05, 4.69) is 15.1 Å². The van der Waals surface area contributed by atoms with Gasteiger partial charge in [0.25, 0.3) is 0 Å². The molecule has 5 aromatic rings. The summed E-state index contributed by atoms with van der Waals surface area (Å²) in [5.41, 5.74) is 1.68. The summed E-state index contributed by atoms with van der Waals surface area (Å²) in [6.07, 6.45) is -3.48. The second-order valence-electron chi connectivity index (χ2n) is 7.84. The van der Waals surface area contributed by atoms with E-state index in [9.17, 15) is 18.0 Å². The summed E-state index contributed by atoms with van der Waals surface area (Å²) in [5, 5.41) is 5.09. The molecule has 36 heavy (non-hydrogen) atoms. The molecule has 0 fully saturated rings. The van der Waals surface area contributed by atoms with E-state index >= 15 is 0 Å². The van der Waals surface area contributed by atoms with Crippen molar-refractivity contribution in [3.63, 3.8) is 0 Å². The number of aromatic nitrogens is 5. The van der Waals surface area contributed by atoms with Crippen LogP contribution in [0.4, 0.5) is 13.2 Å². The molecule has 2 aromatic carbocycles. The van der Waals surface area contributed by atoms with E-state index in [0.29, 0.717) is 21.8 Å². The predicted octanol–water partition coefficient (Wildman–Crippen LogP) is 5.35. The molecule has 11 heteroatoms. The Morgan fingerprint density at radius 1 is 0.972 bits per heavy atom. The molecule has 0 saturated carbocycles. The summed E-state index contributed by atoms with van der Waals surface area (Å²) in [5.74, 6) is 0. The Morgan fingerprint density at radius 2 is 1.69 bits per heavy atom. The molecule has 0 unspecified atom stereocenters. The fourth-order valence-corrected chi connectivity index (χ4v) is 3.96. The van der Waals surface area contributed by atoms with Gasteiger partial charge < -0.3 is 4.74 Å². The third-order valence-electron chi connectivity index (χ3n) is 5.51. The Kier molecular flexibility index (Phi) is 5.97. The van der Waals surface area contributed by atoms with E-state index in [4.69, 9.17) is 16.3 Å². The number of halogens is 4. The highest BCUT2D eigenvalue weighted by molar-refractivity contribution is 6.30. The smallest absolute Gasteiger partial charge is 0.433 e. The van der Waals surface area contributed by atoms with E-state index in [-0.39, 0.29) is 18.2 Å². The first-order valence-corrected chi connectivity index (χ1v) is 11.0. The number of nitrogens with zero attached hydrogens (tertiary/aromatic N) is 5. The monoisotopic (exact) mass is 511 g/mol. The van der Waals surface area contributed by atoms with Crippen LogP contribution >= 0.6 is 11.6 Å². The summed E-state index contributed by atoms with van der Waals surface area (Å²) in [6.45, 7) is -0.0979. The molecule has 0 radical (unpaired) electrons. The standard InChI is InChI=1S/C25H17ClF3N5O2/c1-36-23-31-21(17-8-10-18(26)11-9-17)20(16-5-3-2-4-6-16)22-32-33(24(35)34(22)23)14-15-7-12-19(30-13-15)25(27,28)29/h2-13H,14H2,1H3. The summed E-state index contributed by atoms with van der Waals surface area (Å²) in [6, 6.07) is 18.5. The molecule has 5 rings (SSSR count). The molecule has 0 aliphatic rings. The van der Waals surface area contributed by atoms with Crippen LogP contribution in [0.25, 0.3) is 28.0 Å². The van der Waals surface area contributed by atoms with Gasteiger partial charge in [-0.15, -0.1) is 5.10 Å². The summed E-state index contributed by atoms with van der Waals surface area (Å²) in [4.78, 5) is 21.4. The Hall–Kier alpha value is -4.18. The Morgan fingerprint density at radius 3 is 2.31 bits per heavy atom. The maximum Gasteiger partial charge on any atom is 0.433 e. The molecule has 3 aromatic heterocycles. The first kappa shape index (κ1) is 23.6. The van der Waals surface area contributed by atoms with Crippen molar-refractivity contribution in [2.24, 2.45) is 0 Å². The third-order valence-corrected chi connectivity index (χ3v) is 5.76. The van der Waals surface area contributed by atoms with Crippen molar-refractivity contribution >= 4 is 17.2 Å². The van der Waals surface area contributed by atoms with Crippen LogP contribution in [0.15, 0.2) is 77.7 Å². The van der Waals surface area contributed by atoms with Crippen molar-refractivity contribution in [2.75, 3.05) is 7.11 Å². The van der Waals surface area contributed by atoms with Gasteiger partial charge in [-0.25, -0.2) is 9.48 Å². The zero-order valence-corrected chi connectivity index (χ0v) is 19.5. The zero-order chi connectivity index (χ0) is 25.4. The largest absolute Gasteiger partial charge is 0.468 e. The lowest BCUT2D eigenvalue weighted by atomic mass is 10.00. The van der Waals surface area contributed by atoms with Gasteiger partial charge in [-0.3, -0.25) is 4.98 Å². The quantitative estimate of drug-likeness (QED) is 0.318. The molecule has 0 N–H and O–H groups in total. The average molecular weight is 512 g/mol. The highest BCUT2D eigenvalue weighted by Crippen LogP contribution is 2.35. The zero-order valence-electron chi connectivity index (χ0n) is 18.7. The Balaban J connectivity index is 1.72. The Labute approximate surface area is 207 Å². The summed E-state index contributed by atoms with van der Waals surface area (Å²) < 4.78 is 46.4. The van der Waals surface area contributed by atoms with Crippen molar-refractivity contribution in [2.45, 2.75) is 12.7 Å². The number of ether oxygens (including phenoxy) is 1. The van der Waals surface area contributed by atoms with Crippen molar-refractivity contribution in [1.29, 1.82) is 0 Å². The van der Waals surface area contributed by atoms with Crippen molar-refractivity contribution in [3.05, 3.63) is 99.7 Å². The van der Waals surface area contributed by atoms with Crippen LogP contribution in [0.3, 0.4) is 0 Å². The van der Waals surface area contributed by atoms with Gasteiger partial charge in [-0.2, -0.15) is 22.6 Å². The van der Waals surface area contributed by atoms with E-state index in [1.807, 2.05) is 30.3 Å². The lowest BCUT2D eigenvalue weighted by molar-refractivity contribution is -0.141. The minimum atomic E-state index is -4.56. The molecule has 0 amide bonds. The predicted molar refractivity (Wildman–Crippen MR) is 128 cm³/mol. The minimum absolute atomic E-state index is 0.0106. The van der Waals surface area contributed by atoms with E-state index in [1.165, 1.54) is 17.6 Å². The first-order valence-electron chi connectivity index (χ1n) is 10.7. The number of methoxy groups -OCH3 is 1. The van der Waals surface area contributed by atoms with Gasteiger partial charge in [0, 0.05) is 16.8 Å². The highest BCUT2D eigenvalue weighted by atomic mass is 35.5. The third kappa shape index (κ3) is 4.31. The molecule has 0 atom stereocenters. The SMILES string of the molecule is COc1nc(-c2ccc(Cl)cc2)c(-c2ccccc2)c2nn(Cc3ccc(C(F)(F)F)nc3)c(=O)n12. The fourth-order valence-electron chi connectivity index (χ4n) is 3.84. The van der Waals surface area contributed by atoms with Gasteiger partial charge in [0.1, 0.15) is 5.69 Å². The molecule has 0 aliphatic carbocycles. The van der Waals surface area contributed by atoms with Crippen LogP contribution < -0.4 is 10.4 Å². The lowest BCUT2D eigenvalue weighted by Crippen LogP contribution is -2.23. The molecule has 0 spiro atoms. The first-order chi connectivity index (χ1) is 17.3. The van der Waals surface area contributed by atoms with E-state index in [0.717, 1.165) is 28.1 Å². The molecule has 3 heterocycles. The van der Waals surface area contributed by atoms with Crippen molar-refractivity contribution < 1.29 is 17.9 Å². The van der Waals surface area contributed by atoms with Crippen LogP contribution in [0.2, 0.25) is 5.02 Å². The van der Waals surface area contributed by atoms with E-state index < -0.39 is 17.6 Å². The number of rotatable bonds is 5. The molecular weight excluding hydrogens is 495 g/mol. The lowest BCUT2D eigenvalue weighted by Gasteiger charge is -2.13. The van der Waals surface area contributed by atoms with Gasteiger partial charge in [-0.05, 0) is 29.3 Å². The number of fused-ring (bicyclic) bond motifs is 1. The summed E-state index contributed by atoms with van der Waals surface area (Å²) in [7, 11) is 1.39. The van der Waals surface area contributed by atoms with Gasteiger partial charge in [0.15, 0.2) is 5.65 Å². The van der Waals surface area contributed by atoms with Crippen LogP contribution in [-0.4, -0.2) is 31.3 Å². The van der Waals surface area contributed by atoms with Gasteiger partial charge in [-0.1, -0.05) is 60.1 Å². The molecule has 0 bridgehead atoms. The number of hydrogen-bond acceptors (Lipinski definition) is 5. The van der Waals surface area contributed by atoms with Crippen LogP contribution in [0.1, 0.15) is 11.3 Å². The number of alkyl halides is 3. The fraction of sp³-hybridized carbons (Fsp3) is 0.120. The second-order valence-corrected chi connectivity index (χ2v) is 8.28. The topological polar surface area (TPSA) is 74.3 Å². The average Bonchev–Trinajstić information content (AvgIpc) is 3.19. The molecule has 7 nitrogen and oxygen atoms in total. The molecule has 0 aliphatic heterocycles. The van der Waals surface area contributed by atoms with Crippen LogP contribution in [-0.2, 0) is 12.7 Å². The summed E-state index contributed by atoms with van der Waals surface area (Å²) >= 11 is 6.07. The minimum Gasteiger partial charge on any atom is -0.468 e. The van der Waals surface area contributed by atoms with Crippen molar-refractivity contribution in [3.8, 4) is 28.4 Å². The number of benzene rings is 2. The molecule has 0 saturated heterocycles. The maximum absolute atomic E-state index is 13.3. The number of hydrogen-bond donors (Lipinski definition) is 0. The molecular formula is C25H17ClF3N5O2. The van der Waals surface area contributed by atoms with Crippen LogP contribution in [0.5, 0.6) is 6.01 Å². The molecule has 182 valence electrons. The van der Waals surface area contributed by atoms with Crippen molar-refractivity contribution in [1.82, 2.24) is 24.1 Å². The highest BCUT2D eigenvalue weighted by Gasteiger charge is 2.32. The maximum atomic E-state index is 13.3. The van der Waals surface area contributed by atoms with Gasteiger partial charge >= 0.3 is 17.9 Å². The van der Waals surface area contributed by atoms with Crippen LogP contribution in [0, 0.1) is 0 Å².